The van der Waals surface area contributed by atoms with Crippen LogP contribution in [0.2, 0.25) is 0 Å². The molecule has 1 unspecified atom stereocenters. The predicted molar refractivity (Wildman–Crippen MR) is 65.5 cm³/mol. The number of rotatable bonds is 3. The van der Waals surface area contributed by atoms with Crippen LogP contribution in [0.25, 0.3) is 0 Å². The molecule has 0 aliphatic heterocycles. The quantitative estimate of drug-likeness (QED) is 0.821. The van der Waals surface area contributed by atoms with E-state index in [4.69, 9.17) is 0 Å². The minimum absolute atomic E-state index is 0.0187. The van der Waals surface area contributed by atoms with E-state index < -0.39 is 0 Å². The predicted octanol–water partition coefficient (Wildman–Crippen LogP) is 2.36. The van der Waals surface area contributed by atoms with Crippen LogP contribution in [-0.4, -0.2) is 11.0 Å². The Labute approximate surface area is 96.3 Å². The first-order valence-corrected chi connectivity index (χ1v) is 6.20. The SMILES string of the molecule is CC(NC1CCCCC1)c1cc[nH]c(=O)c1. The van der Waals surface area contributed by atoms with E-state index in [9.17, 15) is 4.79 Å². The fourth-order valence-corrected chi connectivity index (χ4v) is 2.45. The van der Waals surface area contributed by atoms with E-state index >= 15 is 0 Å². The highest BCUT2D eigenvalue weighted by Gasteiger charge is 2.16. The Morgan fingerprint density at radius 2 is 2.12 bits per heavy atom. The van der Waals surface area contributed by atoms with Crippen molar-refractivity contribution in [1.82, 2.24) is 10.3 Å². The first kappa shape index (κ1) is 11.4. The van der Waals surface area contributed by atoms with E-state index in [-0.39, 0.29) is 11.6 Å². The number of hydrogen-bond donors (Lipinski definition) is 2. The van der Waals surface area contributed by atoms with Crippen molar-refractivity contribution >= 4 is 0 Å². The van der Waals surface area contributed by atoms with Gasteiger partial charge in [-0.1, -0.05) is 19.3 Å². The van der Waals surface area contributed by atoms with Gasteiger partial charge in [0.2, 0.25) is 5.56 Å². The molecule has 0 radical (unpaired) electrons. The highest BCUT2D eigenvalue weighted by atomic mass is 16.1. The number of H-pyrrole nitrogens is 1. The smallest absolute Gasteiger partial charge is 0.248 e. The van der Waals surface area contributed by atoms with Gasteiger partial charge in [-0.15, -0.1) is 0 Å². The molecule has 3 heteroatoms. The van der Waals surface area contributed by atoms with E-state index in [1.807, 2.05) is 6.07 Å². The molecule has 1 aliphatic rings. The zero-order valence-corrected chi connectivity index (χ0v) is 9.83. The maximum absolute atomic E-state index is 11.2. The molecule has 0 amide bonds. The molecule has 1 aliphatic carbocycles. The fraction of sp³-hybridized carbons (Fsp3) is 0.615. The Morgan fingerprint density at radius 3 is 2.81 bits per heavy atom. The molecule has 1 aromatic rings. The molecular formula is C13H20N2O. The topological polar surface area (TPSA) is 44.9 Å². The fourth-order valence-electron chi connectivity index (χ4n) is 2.45. The molecule has 1 atom stereocenters. The van der Waals surface area contributed by atoms with Gasteiger partial charge in [0.15, 0.2) is 0 Å². The molecule has 1 heterocycles. The highest BCUT2D eigenvalue weighted by molar-refractivity contribution is 5.14. The molecule has 1 saturated carbocycles. The standard InChI is InChI=1S/C13H20N2O/c1-10(11-7-8-14-13(16)9-11)15-12-5-3-2-4-6-12/h7-10,12,15H,2-6H2,1H3,(H,14,16). The van der Waals surface area contributed by atoms with Gasteiger partial charge in [-0.05, 0) is 31.4 Å². The minimum Gasteiger partial charge on any atom is -0.329 e. The van der Waals surface area contributed by atoms with Crippen LogP contribution in [-0.2, 0) is 0 Å². The Kier molecular flexibility index (Phi) is 3.78. The van der Waals surface area contributed by atoms with Crippen molar-refractivity contribution in [2.24, 2.45) is 0 Å². The normalized spacial score (nSPS) is 19.6. The summed E-state index contributed by atoms with van der Waals surface area (Å²) in [5.41, 5.74) is 1.06. The van der Waals surface area contributed by atoms with Crippen LogP contribution in [0.4, 0.5) is 0 Å². The lowest BCUT2D eigenvalue weighted by molar-refractivity contribution is 0.347. The second-order valence-electron chi connectivity index (χ2n) is 4.71. The largest absolute Gasteiger partial charge is 0.329 e. The van der Waals surface area contributed by atoms with Gasteiger partial charge in [0, 0.05) is 24.3 Å². The molecule has 2 N–H and O–H groups in total. The second kappa shape index (κ2) is 5.30. The summed E-state index contributed by atoms with van der Waals surface area (Å²) in [5, 5.41) is 3.61. The van der Waals surface area contributed by atoms with E-state index in [1.165, 1.54) is 32.1 Å². The number of pyridine rings is 1. The van der Waals surface area contributed by atoms with Gasteiger partial charge >= 0.3 is 0 Å². The van der Waals surface area contributed by atoms with Crippen molar-refractivity contribution in [2.75, 3.05) is 0 Å². The Balaban J connectivity index is 1.96. The van der Waals surface area contributed by atoms with Gasteiger partial charge < -0.3 is 10.3 Å². The zero-order valence-electron chi connectivity index (χ0n) is 9.83. The lowest BCUT2D eigenvalue weighted by Crippen LogP contribution is -2.33. The third-order valence-corrected chi connectivity index (χ3v) is 3.39. The van der Waals surface area contributed by atoms with E-state index in [1.54, 1.807) is 12.3 Å². The molecule has 3 nitrogen and oxygen atoms in total. The number of hydrogen-bond acceptors (Lipinski definition) is 2. The van der Waals surface area contributed by atoms with Crippen molar-refractivity contribution in [3.8, 4) is 0 Å². The van der Waals surface area contributed by atoms with Gasteiger partial charge in [-0.3, -0.25) is 4.79 Å². The van der Waals surface area contributed by atoms with Crippen LogP contribution < -0.4 is 10.9 Å². The van der Waals surface area contributed by atoms with Gasteiger partial charge in [0.05, 0.1) is 0 Å². The summed E-state index contributed by atoms with van der Waals surface area (Å²) in [6, 6.07) is 4.55. The van der Waals surface area contributed by atoms with Crippen molar-refractivity contribution in [2.45, 2.75) is 51.1 Å². The van der Waals surface area contributed by atoms with Crippen LogP contribution in [0.1, 0.15) is 50.6 Å². The van der Waals surface area contributed by atoms with Gasteiger partial charge in [-0.25, -0.2) is 0 Å². The number of aromatic nitrogens is 1. The number of nitrogens with one attached hydrogen (secondary N) is 2. The zero-order chi connectivity index (χ0) is 11.4. The lowest BCUT2D eigenvalue weighted by atomic mass is 9.94. The summed E-state index contributed by atoms with van der Waals surface area (Å²) in [7, 11) is 0. The molecule has 0 saturated heterocycles. The Bertz CT molecular complexity index is 380. The molecule has 2 rings (SSSR count). The van der Waals surface area contributed by atoms with Crippen LogP contribution in [0, 0.1) is 0 Å². The van der Waals surface area contributed by atoms with Gasteiger partial charge in [0.25, 0.3) is 0 Å². The molecule has 88 valence electrons. The highest BCUT2D eigenvalue weighted by Crippen LogP contribution is 2.20. The first-order valence-electron chi connectivity index (χ1n) is 6.20. The summed E-state index contributed by atoms with van der Waals surface area (Å²) in [6.07, 6.45) is 8.30. The molecule has 1 aromatic heterocycles. The molecule has 16 heavy (non-hydrogen) atoms. The van der Waals surface area contributed by atoms with Gasteiger partial charge in [-0.2, -0.15) is 0 Å². The monoisotopic (exact) mass is 220 g/mol. The van der Waals surface area contributed by atoms with Crippen molar-refractivity contribution in [3.05, 3.63) is 34.2 Å². The summed E-state index contributed by atoms with van der Waals surface area (Å²) in [4.78, 5) is 13.9. The molecule has 0 bridgehead atoms. The maximum atomic E-state index is 11.2. The summed E-state index contributed by atoms with van der Waals surface area (Å²) in [6.45, 7) is 2.13. The Hall–Kier alpha value is -1.09. The van der Waals surface area contributed by atoms with Crippen LogP contribution in [0.5, 0.6) is 0 Å². The third-order valence-electron chi connectivity index (χ3n) is 3.39. The van der Waals surface area contributed by atoms with E-state index in [0.29, 0.717) is 6.04 Å². The molecular weight excluding hydrogens is 200 g/mol. The lowest BCUT2D eigenvalue weighted by Gasteiger charge is -2.26. The van der Waals surface area contributed by atoms with E-state index in [2.05, 4.69) is 17.2 Å². The second-order valence-corrected chi connectivity index (χ2v) is 4.71. The third kappa shape index (κ3) is 2.95. The number of aromatic amines is 1. The van der Waals surface area contributed by atoms with Crippen LogP contribution in [0.15, 0.2) is 23.1 Å². The minimum atomic E-state index is -0.0187. The summed E-state index contributed by atoms with van der Waals surface area (Å²) < 4.78 is 0. The maximum Gasteiger partial charge on any atom is 0.248 e. The summed E-state index contributed by atoms with van der Waals surface area (Å²) >= 11 is 0. The first-order chi connectivity index (χ1) is 7.75. The van der Waals surface area contributed by atoms with Crippen LogP contribution >= 0.6 is 0 Å². The summed E-state index contributed by atoms with van der Waals surface area (Å²) in [5.74, 6) is 0. The van der Waals surface area contributed by atoms with Crippen molar-refractivity contribution in [1.29, 1.82) is 0 Å². The molecule has 0 spiro atoms. The van der Waals surface area contributed by atoms with Gasteiger partial charge in [0.1, 0.15) is 0 Å². The molecule has 0 aromatic carbocycles. The molecule has 1 fully saturated rings. The van der Waals surface area contributed by atoms with Crippen molar-refractivity contribution < 1.29 is 0 Å². The van der Waals surface area contributed by atoms with E-state index in [0.717, 1.165) is 5.56 Å². The average molecular weight is 220 g/mol. The average Bonchev–Trinajstić information content (AvgIpc) is 2.30. The van der Waals surface area contributed by atoms with Crippen molar-refractivity contribution in [3.63, 3.8) is 0 Å². The Morgan fingerprint density at radius 1 is 1.38 bits per heavy atom. The van der Waals surface area contributed by atoms with Crippen LogP contribution in [0.3, 0.4) is 0 Å².